The number of benzene rings is 1. The van der Waals surface area contributed by atoms with E-state index in [2.05, 4.69) is 15.0 Å². The van der Waals surface area contributed by atoms with Crippen LogP contribution in [0.2, 0.25) is 0 Å². The highest BCUT2D eigenvalue weighted by molar-refractivity contribution is 5.89. The summed E-state index contributed by atoms with van der Waals surface area (Å²) in [5.41, 5.74) is 1.27. The van der Waals surface area contributed by atoms with Crippen molar-refractivity contribution < 1.29 is 18.8 Å². The lowest BCUT2D eigenvalue weighted by molar-refractivity contribution is 0.0695. The van der Waals surface area contributed by atoms with Crippen LogP contribution < -0.4 is 0 Å². The van der Waals surface area contributed by atoms with Gasteiger partial charge in [-0.05, 0) is 42.6 Å². The van der Waals surface area contributed by atoms with E-state index in [-0.39, 0.29) is 5.92 Å². The zero-order chi connectivity index (χ0) is 17.2. The van der Waals surface area contributed by atoms with Gasteiger partial charge in [0, 0.05) is 6.54 Å². The molecule has 7 heteroatoms. The average molecular weight is 339 g/mol. The number of rotatable bonds is 5. The minimum atomic E-state index is -0.881. The Bertz CT molecular complexity index is 872. The molecule has 7 nitrogen and oxygen atoms in total. The number of carbonyl (C=O) groups is 1. The molecule has 25 heavy (non-hydrogen) atoms. The molecule has 1 atom stereocenters. The molecule has 1 aromatic carbocycles. The molecule has 0 saturated carbocycles. The van der Waals surface area contributed by atoms with E-state index in [1.165, 1.54) is 0 Å². The quantitative estimate of drug-likeness (QED) is 0.763. The number of aromatic nitrogens is 2. The molecule has 0 unspecified atom stereocenters. The van der Waals surface area contributed by atoms with Crippen molar-refractivity contribution >= 4 is 5.97 Å². The van der Waals surface area contributed by atoms with Crippen LogP contribution in [0.4, 0.5) is 0 Å². The van der Waals surface area contributed by atoms with E-state index in [0.717, 1.165) is 25.1 Å². The zero-order valence-corrected chi connectivity index (χ0v) is 13.5. The predicted molar refractivity (Wildman–Crippen MR) is 88.0 cm³/mol. The largest absolute Gasteiger partial charge is 0.478 e. The standard InChI is InChI=1S/C18H17N3O4/c22-18(23)14-5-2-1-4-13(14)12-7-8-21(10-12)11-16-19-17(20-25-16)15-6-3-9-24-15/h1-6,9,12H,7-8,10-11H2,(H,22,23)/t12-/m0/s1. The van der Waals surface area contributed by atoms with Gasteiger partial charge in [-0.1, -0.05) is 23.4 Å². The van der Waals surface area contributed by atoms with Gasteiger partial charge in [-0.3, -0.25) is 4.90 Å². The van der Waals surface area contributed by atoms with Gasteiger partial charge in [0.25, 0.3) is 0 Å². The first-order valence-corrected chi connectivity index (χ1v) is 8.12. The van der Waals surface area contributed by atoms with Crippen LogP contribution in [0.15, 0.2) is 51.6 Å². The third kappa shape index (κ3) is 3.18. The SMILES string of the molecule is O=C(O)c1ccccc1[C@H]1CCN(Cc2nc(-c3ccco3)no2)C1. The van der Waals surface area contributed by atoms with E-state index in [0.29, 0.717) is 29.6 Å². The van der Waals surface area contributed by atoms with Crippen molar-refractivity contribution in [3.8, 4) is 11.6 Å². The van der Waals surface area contributed by atoms with Crippen LogP contribution in [0.25, 0.3) is 11.6 Å². The molecule has 0 aliphatic carbocycles. The first-order valence-electron chi connectivity index (χ1n) is 8.12. The van der Waals surface area contributed by atoms with Crippen LogP contribution in [-0.4, -0.2) is 39.2 Å². The van der Waals surface area contributed by atoms with Crippen LogP contribution in [0, 0.1) is 0 Å². The third-order valence-corrected chi connectivity index (χ3v) is 4.47. The Labute approximate surface area is 143 Å². The van der Waals surface area contributed by atoms with Gasteiger partial charge >= 0.3 is 5.97 Å². The maximum Gasteiger partial charge on any atom is 0.335 e. The number of likely N-dealkylation sites (tertiary alicyclic amines) is 1. The van der Waals surface area contributed by atoms with E-state index < -0.39 is 5.97 Å². The molecule has 1 N–H and O–H groups in total. The van der Waals surface area contributed by atoms with Gasteiger partial charge < -0.3 is 14.0 Å². The first-order chi connectivity index (χ1) is 12.2. The fourth-order valence-electron chi connectivity index (χ4n) is 3.29. The predicted octanol–water partition coefficient (Wildman–Crippen LogP) is 3.02. The molecule has 3 heterocycles. The van der Waals surface area contributed by atoms with Crippen molar-refractivity contribution in [1.29, 1.82) is 0 Å². The van der Waals surface area contributed by atoms with Gasteiger partial charge in [-0.15, -0.1) is 0 Å². The second-order valence-electron chi connectivity index (χ2n) is 6.10. The second-order valence-corrected chi connectivity index (χ2v) is 6.10. The highest BCUT2D eigenvalue weighted by Gasteiger charge is 2.28. The summed E-state index contributed by atoms with van der Waals surface area (Å²) >= 11 is 0. The Morgan fingerprint density at radius 1 is 1.28 bits per heavy atom. The minimum absolute atomic E-state index is 0.194. The number of aromatic carboxylic acids is 1. The second kappa shape index (κ2) is 6.52. The molecule has 0 spiro atoms. The molecule has 128 valence electrons. The fourth-order valence-corrected chi connectivity index (χ4v) is 3.29. The summed E-state index contributed by atoms with van der Waals surface area (Å²) in [5, 5.41) is 13.3. The summed E-state index contributed by atoms with van der Waals surface area (Å²) in [4.78, 5) is 18.0. The molecule has 4 rings (SSSR count). The molecule has 2 aromatic heterocycles. The molecule has 0 amide bonds. The van der Waals surface area contributed by atoms with Gasteiger partial charge in [0.2, 0.25) is 11.7 Å². The summed E-state index contributed by atoms with van der Waals surface area (Å²) in [6.45, 7) is 2.17. The summed E-state index contributed by atoms with van der Waals surface area (Å²) in [6, 6.07) is 10.8. The first kappa shape index (κ1) is 15.6. The zero-order valence-electron chi connectivity index (χ0n) is 13.5. The number of carboxylic acids is 1. The van der Waals surface area contributed by atoms with Crippen molar-refractivity contribution in [3.05, 3.63) is 59.7 Å². The number of hydrogen-bond acceptors (Lipinski definition) is 6. The molecular weight excluding hydrogens is 322 g/mol. The Kier molecular flexibility index (Phi) is 4.07. The minimum Gasteiger partial charge on any atom is -0.478 e. The third-order valence-electron chi connectivity index (χ3n) is 4.47. The van der Waals surface area contributed by atoms with Crippen molar-refractivity contribution in [2.24, 2.45) is 0 Å². The molecule has 3 aromatic rings. The number of furan rings is 1. The highest BCUT2D eigenvalue weighted by Crippen LogP contribution is 2.30. The van der Waals surface area contributed by atoms with Gasteiger partial charge in [0.15, 0.2) is 5.76 Å². The van der Waals surface area contributed by atoms with Crippen LogP contribution >= 0.6 is 0 Å². The maximum absolute atomic E-state index is 11.4. The Hall–Kier alpha value is -2.93. The van der Waals surface area contributed by atoms with Crippen molar-refractivity contribution in [1.82, 2.24) is 15.0 Å². The molecule has 1 aliphatic rings. The van der Waals surface area contributed by atoms with Crippen LogP contribution in [0.3, 0.4) is 0 Å². The molecular formula is C18H17N3O4. The summed E-state index contributed by atoms with van der Waals surface area (Å²) in [5.74, 6) is 0.851. The van der Waals surface area contributed by atoms with Crippen LogP contribution in [-0.2, 0) is 6.54 Å². The fraction of sp³-hybridized carbons (Fsp3) is 0.278. The van der Waals surface area contributed by atoms with E-state index >= 15 is 0 Å². The highest BCUT2D eigenvalue weighted by atomic mass is 16.5. The Balaban J connectivity index is 1.44. The lowest BCUT2D eigenvalue weighted by Crippen LogP contribution is -2.20. The number of nitrogens with zero attached hydrogens (tertiary/aromatic N) is 3. The molecule has 1 aliphatic heterocycles. The average Bonchev–Trinajstić information content (AvgIpc) is 3.36. The van der Waals surface area contributed by atoms with Crippen LogP contribution in [0.1, 0.15) is 34.2 Å². The lowest BCUT2D eigenvalue weighted by atomic mass is 9.93. The van der Waals surface area contributed by atoms with E-state index in [1.807, 2.05) is 12.1 Å². The number of hydrogen-bond donors (Lipinski definition) is 1. The smallest absolute Gasteiger partial charge is 0.335 e. The van der Waals surface area contributed by atoms with Gasteiger partial charge in [0.05, 0.1) is 18.4 Å². The topological polar surface area (TPSA) is 92.6 Å². The summed E-state index contributed by atoms with van der Waals surface area (Å²) < 4.78 is 10.6. The molecule has 0 radical (unpaired) electrons. The van der Waals surface area contributed by atoms with Gasteiger partial charge in [-0.25, -0.2) is 4.79 Å². The maximum atomic E-state index is 11.4. The van der Waals surface area contributed by atoms with Gasteiger partial charge in [-0.2, -0.15) is 4.98 Å². The van der Waals surface area contributed by atoms with Crippen molar-refractivity contribution in [2.75, 3.05) is 13.1 Å². The van der Waals surface area contributed by atoms with Crippen molar-refractivity contribution in [2.45, 2.75) is 18.9 Å². The molecule has 1 saturated heterocycles. The Morgan fingerprint density at radius 2 is 2.16 bits per heavy atom. The Morgan fingerprint density at radius 3 is 2.96 bits per heavy atom. The molecule has 1 fully saturated rings. The van der Waals surface area contributed by atoms with Gasteiger partial charge in [0.1, 0.15) is 0 Å². The van der Waals surface area contributed by atoms with Crippen LogP contribution in [0.5, 0.6) is 0 Å². The number of carboxylic acid groups (broad SMARTS) is 1. The molecule has 0 bridgehead atoms. The monoisotopic (exact) mass is 339 g/mol. The normalized spacial score (nSPS) is 17.8. The van der Waals surface area contributed by atoms with E-state index in [9.17, 15) is 9.90 Å². The summed E-state index contributed by atoms with van der Waals surface area (Å²) in [7, 11) is 0. The lowest BCUT2D eigenvalue weighted by Gasteiger charge is -2.15. The van der Waals surface area contributed by atoms with E-state index in [1.54, 1.807) is 30.5 Å². The van der Waals surface area contributed by atoms with E-state index in [4.69, 9.17) is 8.94 Å². The summed E-state index contributed by atoms with van der Waals surface area (Å²) in [6.07, 6.45) is 2.47. The van der Waals surface area contributed by atoms with Crippen molar-refractivity contribution in [3.63, 3.8) is 0 Å².